The average molecular weight is 226 g/mol. The molecule has 0 saturated carbocycles. The van der Waals surface area contributed by atoms with E-state index in [1.807, 2.05) is 6.92 Å². The molecular weight excluding hydrogens is 204 g/mol. The quantitative estimate of drug-likeness (QED) is 0.762. The highest BCUT2D eigenvalue weighted by molar-refractivity contribution is 5.85. The molecule has 2 fully saturated rings. The predicted octanol–water partition coefficient (Wildman–Crippen LogP) is 0.968. The van der Waals surface area contributed by atoms with Crippen molar-refractivity contribution in [3.8, 4) is 0 Å². The molecule has 2 heterocycles. The van der Waals surface area contributed by atoms with Crippen LogP contribution < -0.4 is 5.48 Å². The number of nitrogens with one attached hydrogen (secondary N) is 1. The van der Waals surface area contributed by atoms with Crippen LogP contribution in [0.1, 0.15) is 34.1 Å². The average Bonchev–Trinajstić information content (AvgIpc) is 2.73. The number of ketones is 1. The van der Waals surface area contributed by atoms with E-state index in [2.05, 4.69) is 31.2 Å². The van der Waals surface area contributed by atoms with Crippen LogP contribution in [0, 0.1) is 5.92 Å². The molecule has 3 unspecified atom stereocenters. The van der Waals surface area contributed by atoms with Crippen molar-refractivity contribution in [2.45, 2.75) is 51.8 Å². The topological polar surface area (TPSA) is 41.6 Å². The van der Waals surface area contributed by atoms with E-state index in [1.54, 1.807) is 0 Å². The maximum absolute atomic E-state index is 12.1. The maximum atomic E-state index is 12.1. The minimum absolute atomic E-state index is 0.0309. The highest BCUT2D eigenvalue weighted by Crippen LogP contribution is 2.35. The highest BCUT2D eigenvalue weighted by atomic mass is 16.7. The van der Waals surface area contributed by atoms with E-state index in [0.717, 1.165) is 13.1 Å². The second-order valence-corrected chi connectivity index (χ2v) is 5.78. The minimum Gasteiger partial charge on any atom is -0.298 e. The summed E-state index contributed by atoms with van der Waals surface area (Å²) >= 11 is 0. The molecule has 4 heteroatoms. The molecule has 0 aromatic rings. The fourth-order valence-corrected chi connectivity index (χ4v) is 2.76. The molecule has 0 amide bonds. The fraction of sp³-hybridized carbons (Fsp3) is 0.917. The summed E-state index contributed by atoms with van der Waals surface area (Å²) in [5, 5.41) is 0. The van der Waals surface area contributed by atoms with Crippen LogP contribution in [-0.4, -0.2) is 41.5 Å². The van der Waals surface area contributed by atoms with Crippen LogP contribution in [0.3, 0.4) is 0 Å². The smallest absolute Gasteiger partial charge is 0.152 e. The second-order valence-electron chi connectivity index (χ2n) is 5.78. The third-order valence-electron chi connectivity index (χ3n) is 3.65. The van der Waals surface area contributed by atoms with Gasteiger partial charge < -0.3 is 0 Å². The van der Waals surface area contributed by atoms with Crippen molar-refractivity contribution in [3.63, 3.8) is 0 Å². The van der Waals surface area contributed by atoms with Gasteiger partial charge >= 0.3 is 0 Å². The Hall–Kier alpha value is -0.450. The lowest BCUT2D eigenvalue weighted by Gasteiger charge is -2.37. The van der Waals surface area contributed by atoms with E-state index in [4.69, 9.17) is 4.84 Å². The van der Waals surface area contributed by atoms with Crippen LogP contribution in [0.5, 0.6) is 0 Å². The van der Waals surface area contributed by atoms with Crippen LogP contribution in [-0.2, 0) is 9.63 Å². The lowest BCUT2D eigenvalue weighted by Crippen LogP contribution is -2.51. The van der Waals surface area contributed by atoms with Crippen LogP contribution in [0.15, 0.2) is 0 Å². The van der Waals surface area contributed by atoms with Gasteiger partial charge in [-0.2, -0.15) is 0 Å². The summed E-state index contributed by atoms with van der Waals surface area (Å²) in [6.07, 6.45) is 0.635. The number of likely N-dealkylation sites (tertiary alicyclic amines) is 1. The predicted molar refractivity (Wildman–Crippen MR) is 61.9 cm³/mol. The van der Waals surface area contributed by atoms with Crippen molar-refractivity contribution in [1.82, 2.24) is 10.4 Å². The first-order valence-corrected chi connectivity index (χ1v) is 6.13. The summed E-state index contributed by atoms with van der Waals surface area (Å²) in [4.78, 5) is 19.9. The monoisotopic (exact) mass is 226 g/mol. The molecule has 0 aliphatic carbocycles. The zero-order valence-electron chi connectivity index (χ0n) is 10.6. The van der Waals surface area contributed by atoms with Gasteiger partial charge in [0.2, 0.25) is 0 Å². The summed E-state index contributed by atoms with van der Waals surface area (Å²) in [6, 6.07) is -0.0648. The van der Waals surface area contributed by atoms with E-state index in [-0.39, 0.29) is 17.7 Å². The highest BCUT2D eigenvalue weighted by Gasteiger charge is 2.51. The minimum atomic E-state index is -0.0648. The molecule has 0 spiro atoms. The molecule has 0 radical (unpaired) electrons. The number of nitrogens with zero attached hydrogens (tertiary/aromatic N) is 1. The van der Waals surface area contributed by atoms with Crippen LogP contribution in [0.4, 0.5) is 0 Å². The Kier molecular flexibility index (Phi) is 3.07. The van der Waals surface area contributed by atoms with Gasteiger partial charge in [-0.15, -0.1) is 0 Å². The molecule has 2 aliphatic heterocycles. The van der Waals surface area contributed by atoms with E-state index in [1.165, 1.54) is 0 Å². The van der Waals surface area contributed by atoms with Gasteiger partial charge in [-0.25, -0.2) is 5.48 Å². The molecule has 4 nitrogen and oxygen atoms in total. The molecule has 1 N–H and O–H groups in total. The molecule has 3 atom stereocenters. The van der Waals surface area contributed by atoms with Gasteiger partial charge in [-0.05, 0) is 20.8 Å². The van der Waals surface area contributed by atoms with Crippen LogP contribution in [0.2, 0.25) is 0 Å². The number of carbonyl (C=O) groups excluding carboxylic acids is 1. The largest absolute Gasteiger partial charge is 0.298 e. The number of hydrogen-bond acceptors (Lipinski definition) is 4. The number of hydroxylamine groups is 1. The Morgan fingerprint density at radius 2 is 2.19 bits per heavy atom. The molecule has 0 bridgehead atoms. The maximum Gasteiger partial charge on any atom is 0.152 e. The Labute approximate surface area is 97.3 Å². The van der Waals surface area contributed by atoms with Crippen molar-refractivity contribution >= 4 is 5.78 Å². The van der Waals surface area contributed by atoms with E-state index in [0.29, 0.717) is 18.1 Å². The molecule has 0 aromatic carbocycles. The fourth-order valence-electron chi connectivity index (χ4n) is 2.76. The van der Waals surface area contributed by atoms with Crippen molar-refractivity contribution in [1.29, 1.82) is 0 Å². The third-order valence-corrected chi connectivity index (χ3v) is 3.65. The molecule has 2 rings (SSSR count). The van der Waals surface area contributed by atoms with Crippen LogP contribution in [0.25, 0.3) is 0 Å². The van der Waals surface area contributed by atoms with Crippen molar-refractivity contribution in [2.24, 2.45) is 5.92 Å². The van der Waals surface area contributed by atoms with E-state index < -0.39 is 0 Å². The SMILES string of the molecule is CCC(=O)C1C2ONCC2CN1C(C)(C)C. The molecule has 2 aliphatic rings. The summed E-state index contributed by atoms with van der Waals surface area (Å²) in [7, 11) is 0. The summed E-state index contributed by atoms with van der Waals surface area (Å²) in [5.41, 5.74) is 2.96. The van der Waals surface area contributed by atoms with Crippen molar-refractivity contribution in [3.05, 3.63) is 0 Å². The van der Waals surface area contributed by atoms with Crippen LogP contribution >= 0.6 is 0 Å². The molecular formula is C12H22N2O2. The number of fused-ring (bicyclic) bond motifs is 1. The van der Waals surface area contributed by atoms with Crippen molar-refractivity contribution in [2.75, 3.05) is 13.1 Å². The lowest BCUT2D eigenvalue weighted by molar-refractivity contribution is -0.130. The normalized spacial score (nSPS) is 35.4. The van der Waals surface area contributed by atoms with E-state index in [9.17, 15) is 4.79 Å². The number of Topliss-reactive ketones (excluding diaryl/α,β-unsaturated/α-hetero) is 1. The van der Waals surface area contributed by atoms with Gasteiger partial charge in [0.15, 0.2) is 5.78 Å². The Bertz CT molecular complexity index is 285. The Balaban J connectivity index is 2.23. The second kappa shape index (κ2) is 4.09. The number of carbonyl (C=O) groups is 1. The third kappa shape index (κ3) is 1.90. The molecule has 2 saturated heterocycles. The molecule has 0 aromatic heterocycles. The summed E-state index contributed by atoms with van der Waals surface area (Å²) in [5.74, 6) is 0.755. The van der Waals surface area contributed by atoms with E-state index >= 15 is 0 Å². The summed E-state index contributed by atoms with van der Waals surface area (Å²) < 4.78 is 0. The zero-order valence-corrected chi connectivity index (χ0v) is 10.6. The van der Waals surface area contributed by atoms with Gasteiger partial charge in [-0.3, -0.25) is 14.5 Å². The van der Waals surface area contributed by atoms with Crippen molar-refractivity contribution < 1.29 is 9.63 Å². The van der Waals surface area contributed by atoms with Gasteiger partial charge in [0, 0.05) is 31.0 Å². The first-order valence-electron chi connectivity index (χ1n) is 6.13. The Morgan fingerprint density at radius 1 is 1.50 bits per heavy atom. The first kappa shape index (κ1) is 12.0. The Morgan fingerprint density at radius 3 is 2.75 bits per heavy atom. The molecule has 16 heavy (non-hydrogen) atoms. The van der Waals surface area contributed by atoms with Gasteiger partial charge in [0.05, 0.1) is 6.04 Å². The number of rotatable bonds is 2. The van der Waals surface area contributed by atoms with Gasteiger partial charge in [-0.1, -0.05) is 6.92 Å². The first-order chi connectivity index (χ1) is 7.45. The number of hydrogen-bond donors (Lipinski definition) is 1. The molecule has 92 valence electrons. The summed E-state index contributed by atoms with van der Waals surface area (Å²) in [6.45, 7) is 10.2. The van der Waals surface area contributed by atoms with Gasteiger partial charge in [0.25, 0.3) is 0 Å². The van der Waals surface area contributed by atoms with Gasteiger partial charge in [0.1, 0.15) is 6.10 Å². The zero-order chi connectivity index (χ0) is 11.9. The lowest BCUT2D eigenvalue weighted by atomic mass is 9.97. The standard InChI is InChI=1S/C12H22N2O2/c1-5-9(15)10-11-8(6-13-16-11)7-14(10)12(2,3)4/h8,10-11,13H,5-7H2,1-4H3.